The number of hydrogen-bond acceptors (Lipinski definition) is 2. The molecule has 0 aromatic heterocycles. The summed E-state index contributed by atoms with van der Waals surface area (Å²) in [6.07, 6.45) is 0.986. The number of piperazine rings is 1. The Morgan fingerprint density at radius 2 is 1.81 bits per heavy atom. The van der Waals surface area contributed by atoms with Crippen molar-refractivity contribution in [2.75, 3.05) is 38.1 Å². The van der Waals surface area contributed by atoms with Crippen LogP contribution in [0.5, 0.6) is 0 Å². The molecule has 1 saturated heterocycles. The summed E-state index contributed by atoms with van der Waals surface area (Å²) in [5, 5.41) is 0. The van der Waals surface area contributed by atoms with Crippen LogP contribution in [0, 0.1) is 13.0 Å². The first kappa shape index (κ1) is 14.2. The summed E-state index contributed by atoms with van der Waals surface area (Å²) in [5.74, 6) is 0. The van der Waals surface area contributed by atoms with Gasteiger partial charge in [0.05, 0.1) is 0 Å². The molecule has 3 rings (SSSR count). The second kappa shape index (κ2) is 6.31. The van der Waals surface area contributed by atoms with Gasteiger partial charge in [0.2, 0.25) is 0 Å². The van der Waals surface area contributed by atoms with E-state index in [2.05, 4.69) is 72.3 Å². The Balaban J connectivity index is 1.74. The molecular formula is C19H23N2. The molecule has 0 saturated carbocycles. The number of benzene rings is 2. The van der Waals surface area contributed by atoms with Gasteiger partial charge in [-0.2, -0.15) is 0 Å². The van der Waals surface area contributed by atoms with Crippen LogP contribution in [0.15, 0.2) is 42.5 Å². The number of nitrogens with zero attached hydrogens (tertiary/aromatic N) is 2. The lowest BCUT2D eigenvalue weighted by Gasteiger charge is -2.34. The van der Waals surface area contributed by atoms with Crippen LogP contribution in [-0.2, 0) is 6.42 Å². The molecule has 2 heteroatoms. The number of aryl methyl sites for hydroxylation is 1. The molecule has 21 heavy (non-hydrogen) atoms. The highest BCUT2D eigenvalue weighted by Crippen LogP contribution is 2.20. The van der Waals surface area contributed by atoms with Crippen LogP contribution < -0.4 is 4.90 Å². The molecule has 0 N–H and O–H groups in total. The van der Waals surface area contributed by atoms with Crippen molar-refractivity contribution in [3.63, 3.8) is 0 Å². The standard InChI is InChI=1S/C19H23N2/c1-16-5-3-6-17(13-16)14-18-7-4-8-19(15-18)21-11-9-20(2)10-12-21/h3,5-8,13,15H,9-12,14H2,1-2H3. The smallest absolute Gasteiger partial charge is 0.0376 e. The zero-order valence-corrected chi connectivity index (χ0v) is 13.0. The van der Waals surface area contributed by atoms with Crippen molar-refractivity contribution in [2.45, 2.75) is 13.3 Å². The highest BCUT2D eigenvalue weighted by molar-refractivity contribution is 5.49. The molecule has 0 bridgehead atoms. The van der Waals surface area contributed by atoms with Crippen LogP contribution in [0.1, 0.15) is 16.7 Å². The van der Waals surface area contributed by atoms with Crippen LogP contribution in [0.2, 0.25) is 0 Å². The number of anilines is 1. The number of likely N-dealkylation sites (N-methyl/N-ethyl adjacent to an activating group) is 1. The van der Waals surface area contributed by atoms with E-state index in [-0.39, 0.29) is 0 Å². The first-order valence-corrected chi connectivity index (χ1v) is 7.70. The summed E-state index contributed by atoms with van der Waals surface area (Å²) in [5.41, 5.74) is 5.36. The lowest BCUT2D eigenvalue weighted by atomic mass is 10.0. The molecule has 0 aliphatic carbocycles. The third kappa shape index (κ3) is 3.64. The third-order valence-corrected chi connectivity index (χ3v) is 4.19. The minimum atomic E-state index is 0.986. The van der Waals surface area contributed by atoms with Crippen LogP contribution >= 0.6 is 0 Å². The van der Waals surface area contributed by atoms with Crippen molar-refractivity contribution in [1.82, 2.24) is 4.90 Å². The molecule has 0 unspecified atom stereocenters. The van der Waals surface area contributed by atoms with E-state index in [1.54, 1.807) is 0 Å². The molecule has 2 nitrogen and oxygen atoms in total. The molecule has 2 aromatic rings. The van der Waals surface area contributed by atoms with Crippen molar-refractivity contribution in [1.29, 1.82) is 0 Å². The lowest BCUT2D eigenvalue weighted by molar-refractivity contribution is 0.313. The Labute approximate surface area is 128 Å². The van der Waals surface area contributed by atoms with E-state index in [1.807, 2.05) is 0 Å². The minimum absolute atomic E-state index is 0.986. The zero-order chi connectivity index (χ0) is 14.7. The van der Waals surface area contributed by atoms with Crippen molar-refractivity contribution >= 4 is 5.69 Å². The topological polar surface area (TPSA) is 6.48 Å². The second-order valence-corrected chi connectivity index (χ2v) is 6.06. The molecule has 0 atom stereocenters. The van der Waals surface area contributed by atoms with E-state index in [9.17, 15) is 0 Å². The van der Waals surface area contributed by atoms with Crippen molar-refractivity contribution in [3.8, 4) is 0 Å². The first-order valence-electron chi connectivity index (χ1n) is 7.70. The fraction of sp³-hybridized carbons (Fsp3) is 0.368. The van der Waals surface area contributed by atoms with Crippen LogP contribution in [0.4, 0.5) is 5.69 Å². The highest BCUT2D eigenvalue weighted by atomic mass is 15.2. The fourth-order valence-corrected chi connectivity index (χ4v) is 2.91. The summed E-state index contributed by atoms with van der Waals surface area (Å²) in [6, 6.07) is 18.6. The molecule has 1 aliphatic heterocycles. The van der Waals surface area contributed by atoms with Crippen LogP contribution in [-0.4, -0.2) is 38.1 Å². The Kier molecular flexibility index (Phi) is 4.26. The predicted octanol–water partition coefficient (Wildman–Crippen LogP) is 3.14. The zero-order valence-electron chi connectivity index (χ0n) is 13.0. The van der Waals surface area contributed by atoms with Gasteiger partial charge in [-0.3, -0.25) is 0 Å². The van der Waals surface area contributed by atoms with E-state index >= 15 is 0 Å². The minimum Gasteiger partial charge on any atom is -0.369 e. The fourth-order valence-electron chi connectivity index (χ4n) is 2.91. The first-order chi connectivity index (χ1) is 10.2. The van der Waals surface area contributed by atoms with Gasteiger partial charge in [0.1, 0.15) is 0 Å². The summed E-state index contributed by atoms with van der Waals surface area (Å²) >= 11 is 0. The number of hydrogen-bond donors (Lipinski definition) is 0. The normalized spacial score (nSPS) is 16.2. The van der Waals surface area contributed by atoms with Crippen molar-refractivity contribution < 1.29 is 0 Å². The van der Waals surface area contributed by atoms with Crippen molar-refractivity contribution in [3.05, 3.63) is 65.2 Å². The average molecular weight is 279 g/mol. The van der Waals surface area contributed by atoms with Gasteiger partial charge < -0.3 is 9.80 Å². The van der Waals surface area contributed by atoms with Gasteiger partial charge in [0, 0.05) is 31.9 Å². The van der Waals surface area contributed by atoms with Gasteiger partial charge >= 0.3 is 0 Å². The van der Waals surface area contributed by atoms with Gasteiger partial charge in [-0.05, 0) is 49.7 Å². The molecule has 1 heterocycles. The quantitative estimate of drug-likeness (QED) is 0.851. The average Bonchev–Trinajstić information content (AvgIpc) is 2.48. The van der Waals surface area contributed by atoms with Gasteiger partial charge in [0.25, 0.3) is 0 Å². The van der Waals surface area contributed by atoms with E-state index in [0.717, 1.165) is 32.6 Å². The summed E-state index contributed by atoms with van der Waals surface area (Å²) in [4.78, 5) is 4.85. The molecular weight excluding hydrogens is 256 g/mol. The Hall–Kier alpha value is -1.80. The Morgan fingerprint density at radius 1 is 1.00 bits per heavy atom. The maximum Gasteiger partial charge on any atom is 0.0376 e. The van der Waals surface area contributed by atoms with Gasteiger partial charge in [-0.25, -0.2) is 0 Å². The second-order valence-electron chi connectivity index (χ2n) is 6.06. The van der Waals surface area contributed by atoms with Gasteiger partial charge in [-0.1, -0.05) is 35.9 Å². The molecule has 1 fully saturated rings. The molecule has 109 valence electrons. The Morgan fingerprint density at radius 3 is 2.57 bits per heavy atom. The molecule has 1 radical (unpaired) electrons. The van der Waals surface area contributed by atoms with Crippen molar-refractivity contribution in [2.24, 2.45) is 0 Å². The summed E-state index contributed by atoms with van der Waals surface area (Å²) < 4.78 is 0. The van der Waals surface area contributed by atoms with Gasteiger partial charge in [0.15, 0.2) is 0 Å². The summed E-state index contributed by atoms with van der Waals surface area (Å²) in [6.45, 7) is 6.65. The maximum atomic E-state index is 3.32. The van der Waals surface area contributed by atoms with E-state index in [0.29, 0.717) is 0 Å². The molecule has 0 amide bonds. The van der Waals surface area contributed by atoms with E-state index in [4.69, 9.17) is 0 Å². The summed E-state index contributed by atoms with van der Waals surface area (Å²) in [7, 11) is 2.19. The SMILES string of the molecule is Cc1cccc(Cc2c[c]cc(N3CCN(C)CC3)c2)c1. The van der Waals surface area contributed by atoms with Crippen LogP contribution in [0.3, 0.4) is 0 Å². The monoisotopic (exact) mass is 279 g/mol. The molecule has 0 spiro atoms. The molecule has 1 aliphatic rings. The van der Waals surface area contributed by atoms with Gasteiger partial charge in [-0.15, -0.1) is 0 Å². The largest absolute Gasteiger partial charge is 0.369 e. The lowest BCUT2D eigenvalue weighted by Crippen LogP contribution is -2.44. The predicted molar refractivity (Wildman–Crippen MR) is 89.0 cm³/mol. The highest BCUT2D eigenvalue weighted by Gasteiger charge is 2.14. The third-order valence-electron chi connectivity index (χ3n) is 4.19. The molecule has 2 aromatic carbocycles. The maximum absolute atomic E-state index is 3.32. The van der Waals surface area contributed by atoms with E-state index in [1.165, 1.54) is 22.4 Å². The number of rotatable bonds is 3. The van der Waals surface area contributed by atoms with Crippen LogP contribution in [0.25, 0.3) is 0 Å². The Bertz CT molecular complexity index is 598. The van der Waals surface area contributed by atoms with E-state index < -0.39 is 0 Å².